The summed E-state index contributed by atoms with van der Waals surface area (Å²) in [5, 5.41) is 31.3. The van der Waals surface area contributed by atoms with Crippen LogP contribution < -0.4 is 16.4 Å². The van der Waals surface area contributed by atoms with E-state index in [1.807, 2.05) is 6.92 Å². The molecule has 27 heavy (non-hydrogen) atoms. The quantitative estimate of drug-likeness (QED) is 0.201. The van der Waals surface area contributed by atoms with Crippen molar-refractivity contribution in [2.24, 2.45) is 5.73 Å². The fraction of sp³-hybridized carbons (Fsp3) is 0.750. The maximum atomic E-state index is 12.2. The molecule has 0 fully saturated rings. The average Bonchev–Trinajstić information content (AvgIpc) is 2.60. The molecule has 7 N–H and O–H groups in total. The van der Waals surface area contributed by atoms with Crippen molar-refractivity contribution >= 4 is 35.5 Å². The van der Waals surface area contributed by atoms with Gasteiger partial charge in [-0.05, 0) is 19.3 Å². The SMILES string of the molecule is CCC[C@@H](CCO)SC[C@H](NC(=O)CC[C@H](N)C(=O)O)C(=O)NCC(=O)O. The van der Waals surface area contributed by atoms with Gasteiger partial charge in [0.25, 0.3) is 0 Å². The summed E-state index contributed by atoms with van der Waals surface area (Å²) in [7, 11) is 0. The number of nitrogens with two attached hydrogens (primary N) is 1. The normalized spacial score (nSPS) is 14.0. The Balaban J connectivity index is 4.80. The predicted octanol–water partition coefficient (Wildman–Crippen LogP) is -0.852. The Labute approximate surface area is 162 Å². The summed E-state index contributed by atoms with van der Waals surface area (Å²) in [5.41, 5.74) is 5.35. The van der Waals surface area contributed by atoms with Crippen LogP contribution in [-0.2, 0) is 19.2 Å². The number of aliphatic hydroxyl groups is 1. The highest BCUT2D eigenvalue weighted by molar-refractivity contribution is 7.99. The van der Waals surface area contributed by atoms with Crippen molar-refractivity contribution in [2.45, 2.75) is 56.4 Å². The summed E-state index contributed by atoms with van der Waals surface area (Å²) < 4.78 is 0. The van der Waals surface area contributed by atoms with Gasteiger partial charge in [0.2, 0.25) is 11.8 Å². The molecule has 0 spiro atoms. The van der Waals surface area contributed by atoms with Crippen molar-refractivity contribution in [3.8, 4) is 0 Å². The highest BCUT2D eigenvalue weighted by Crippen LogP contribution is 2.20. The van der Waals surface area contributed by atoms with E-state index in [-0.39, 0.29) is 30.5 Å². The molecule has 0 radical (unpaired) electrons. The fourth-order valence-electron chi connectivity index (χ4n) is 2.15. The van der Waals surface area contributed by atoms with Crippen molar-refractivity contribution in [1.82, 2.24) is 10.6 Å². The first-order valence-electron chi connectivity index (χ1n) is 8.70. The molecule has 2 amide bonds. The van der Waals surface area contributed by atoms with E-state index in [9.17, 15) is 19.2 Å². The van der Waals surface area contributed by atoms with Gasteiger partial charge in [-0.3, -0.25) is 19.2 Å². The van der Waals surface area contributed by atoms with Gasteiger partial charge in [0.1, 0.15) is 18.6 Å². The summed E-state index contributed by atoms with van der Waals surface area (Å²) in [6, 6.07) is -2.15. The third kappa shape index (κ3) is 12.2. The summed E-state index contributed by atoms with van der Waals surface area (Å²) in [6.45, 7) is 1.43. The van der Waals surface area contributed by atoms with Crippen LogP contribution in [0.4, 0.5) is 0 Å². The summed E-state index contributed by atoms with van der Waals surface area (Å²) in [5.74, 6) is -3.41. The third-order valence-corrected chi connectivity index (χ3v) is 5.09. The van der Waals surface area contributed by atoms with Crippen LogP contribution in [0.15, 0.2) is 0 Å². The molecule has 0 aromatic carbocycles. The van der Waals surface area contributed by atoms with Gasteiger partial charge in [0.05, 0.1) is 0 Å². The summed E-state index contributed by atoms with van der Waals surface area (Å²) in [4.78, 5) is 45.5. The molecular weight excluding hydrogens is 378 g/mol. The average molecular weight is 407 g/mol. The number of hydrogen-bond donors (Lipinski definition) is 6. The van der Waals surface area contributed by atoms with Crippen molar-refractivity contribution < 1.29 is 34.5 Å². The topological polar surface area (TPSA) is 179 Å². The van der Waals surface area contributed by atoms with Crippen molar-refractivity contribution in [3.63, 3.8) is 0 Å². The Morgan fingerprint density at radius 2 is 1.78 bits per heavy atom. The first-order valence-corrected chi connectivity index (χ1v) is 9.75. The fourth-order valence-corrected chi connectivity index (χ4v) is 3.53. The number of carboxylic acids is 2. The van der Waals surface area contributed by atoms with Gasteiger partial charge in [-0.1, -0.05) is 13.3 Å². The van der Waals surface area contributed by atoms with Crippen LogP contribution in [0.1, 0.15) is 39.0 Å². The molecule has 0 saturated heterocycles. The zero-order valence-corrected chi connectivity index (χ0v) is 16.2. The Morgan fingerprint density at radius 1 is 1.11 bits per heavy atom. The molecule has 0 aromatic heterocycles. The van der Waals surface area contributed by atoms with Crippen LogP contribution in [0, 0.1) is 0 Å². The molecule has 0 aromatic rings. The van der Waals surface area contributed by atoms with Crippen LogP contribution in [0.25, 0.3) is 0 Å². The highest BCUT2D eigenvalue weighted by Gasteiger charge is 2.23. The maximum absolute atomic E-state index is 12.2. The monoisotopic (exact) mass is 407 g/mol. The molecule has 3 atom stereocenters. The second-order valence-electron chi connectivity index (χ2n) is 5.97. The molecule has 11 heteroatoms. The van der Waals surface area contributed by atoms with E-state index in [1.54, 1.807) is 0 Å². The number of nitrogens with one attached hydrogen (secondary N) is 2. The van der Waals surface area contributed by atoms with Crippen LogP contribution >= 0.6 is 11.8 Å². The van der Waals surface area contributed by atoms with Crippen LogP contribution in [0.5, 0.6) is 0 Å². The van der Waals surface area contributed by atoms with Crippen molar-refractivity contribution in [2.75, 3.05) is 18.9 Å². The van der Waals surface area contributed by atoms with Gasteiger partial charge in [-0.2, -0.15) is 11.8 Å². The standard InChI is InChI=1S/C16H29N3O7S/c1-2-3-10(6-7-20)27-9-12(15(24)18-8-14(22)23)19-13(21)5-4-11(17)16(25)26/h10-12,20H,2-9,17H2,1H3,(H,18,24)(H,19,21)(H,22,23)(H,25,26)/t10-,11-,12-/m0/s1. The molecule has 156 valence electrons. The van der Waals surface area contributed by atoms with Gasteiger partial charge in [0, 0.05) is 24.0 Å². The number of hydrogen-bond acceptors (Lipinski definition) is 7. The molecule has 0 bridgehead atoms. The predicted molar refractivity (Wildman–Crippen MR) is 100 cm³/mol. The maximum Gasteiger partial charge on any atom is 0.322 e. The Morgan fingerprint density at radius 3 is 2.30 bits per heavy atom. The first kappa shape index (κ1) is 25.1. The van der Waals surface area contributed by atoms with Gasteiger partial charge in [-0.25, -0.2) is 0 Å². The van der Waals surface area contributed by atoms with E-state index in [4.69, 9.17) is 21.1 Å². The van der Waals surface area contributed by atoms with E-state index in [1.165, 1.54) is 11.8 Å². The van der Waals surface area contributed by atoms with E-state index >= 15 is 0 Å². The largest absolute Gasteiger partial charge is 0.480 e. The van der Waals surface area contributed by atoms with Crippen LogP contribution in [-0.4, -0.2) is 75.3 Å². The van der Waals surface area contributed by atoms with Crippen molar-refractivity contribution in [1.29, 1.82) is 0 Å². The minimum Gasteiger partial charge on any atom is -0.480 e. The smallest absolute Gasteiger partial charge is 0.322 e. The molecule has 10 nitrogen and oxygen atoms in total. The molecule has 0 aliphatic heterocycles. The molecular formula is C16H29N3O7S. The minimum absolute atomic E-state index is 0.00692. The molecule has 0 aliphatic carbocycles. The number of amides is 2. The zero-order chi connectivity index (χ0) is 20.8. The Hall–Kier alpha value is -1.85. The van der Waals surface area contributed by atoms with Crippen LogP contribution in [0.2, 0.25) is 0 Å². The zero-order valence-electron chi connectivity index (χ0n) is 15.3. The lowest BCUT2D eigenvalue weighted by molar-refractivity contribution is -0.139. The third-order valence-electron chi connectivity index (χ3n) is 3.63. The number of carbonyl (C=O) groups is 4. The van der Waals surface area contributed by atoms with E-state index in [0.29, 0.717) is 6.42 Å². The van der Waals surface area contributed by atoms with Gasteiger partial charge >= 0.3 is 11.9 Å². The number of aliphatic carboxylic acids is 2. The van der Waals surface area contributed by atoms with E-state index < -0.39 is 42.4 Å². The van der Waals surface area contributed by atoms with Crippen LogP contribution in [0.3, 0.4) is 0 Å². The second-order valence-corrected chi connectivity index (χ2v) is 7.30. The number of thioether (sulfide) groups is 1. The van der Waals surface area contributed by atoms with Gasteiger partial charge in [0.15, 0.2) is 0 Å². The minimum atomic E-state index is -1.22. The number of aliphatic hydroxyl groups excluding tert-OH is 1. The lowest BCUT2D eigenvalue weighted by Gasteiger charge is -2.21. The molecule has 0 aliphatic rings. The molecule has 0 heterocycles. The summed E-state index contributed by atoms with van der Waals surface area (Å²) in [6.07, 6.45) is 2.02. The number of carbonyl (C=O) groups excluding carboxylic acids is 2. The van der Waals surface area contributed by atoms with E-state index in [0.717, 1.165) is 12.8 Å². The lowest BCUT2D eigenvalue weighted by Crippen LogP contribution is -2.49. The second kappa shape index (κ2) is 14.2. The van der Waals surface area contributed by atoms with Crippen molar-refractivity contribution in [3.05, 3.63) is 0 Å². The number of carboxylic acid groups (broad SMARTS) is 2. The summed E-state index contributed by atoms with van der Waals surface area (Å²) >= 11 is 1.41. The molecule has 0 unspecified atom stereocenters. The molecule has 0 rings (SSSR count). The Kier molecular flexibility index (Phi) is 13.3. The van der Waals surface area contributed by atoms with Gasteiger partial charge < -0.3 is 31.7 Å². The van der Waals surface area contributed by atoms with E-state index in [2.05, 4.69) is 10.6 Å². The van der Waals surface area contributed by atoms with Gasteiger partial charge in [-0.15, -0.1) is 0 Å². The molecule has 0 saturated carbocycles. The Bertz CT molecular complexity index is 498. The lowest BCUT2D eigenvalue weighted by atomic mass is 10.1. The number of rotatable bonds is 15. The first-order chi connectivity index (χ1) is 12.7. The highest BCUT2D eigenvalue weighted by atomic mass is 32.2.